The molecule has 0 aromatic heterocycles. The van der Waals surface area contributed by atoms with Crippen molar-refractivity contribution in [3.8, 4) is 0 Å². The molecule has 128 valence electrons. The molecule has 0 spiro atoms. The summed E-state index contributed by atoms with van der Waals surface area (Å²) >= 11 is 18.7. The molecular formula is C18H20Cl3N3. The molecule has 1 fully saturated rings. The van der Waals surface area contributed by atoms with Crippen LogP contribution in [0.1, 0.15) is 18.5 Å². The van der Waals surface area contributed by atoms with E-state index in [1.807, 2.05) is 18.2 Å². The first-order valence-electron chi connectivity index (χ1n) is 8.01. The predicted octanol–water partition coefficient (Wildman–Crippen LogP) is 5.23. The number of nitrogens with one attached hydrogen (secondary N) is 2. The van der Waals surface area contributed by atoms with Crippen molar-refractivity contribution in [1.82, 2.24) is 5.32 Å². The van der Waals surface area contributed by atoms with Crippen LogP contribution in [-0.2, 0) is 0 Å². The van der Waals surface area contributed by atoms with Crippen molar-refractivity contribution in [2.75, 3.05) is 36.4 Å². The molecule has 2 aromatic rings. The minimum absolute atomic E-state index is 0.0190. The average Bonchev–Trinajstić information content (AvgIpc) is 2.57. The molecule has 6 heteroatoms. The third-order valence-corrected chi connectivity index (χ3v) is 5.13. The molecule has 0 saturated carbocycles. The van der Waals surface area contributed by atoms with Crippen LogP contribution in [-0.4, -0.2) is 26.2 Å². The second-order valence-corrected chi connectivity index (χ2v) is 7.18. The monoisotopic (exact) mass is 383 g/mol. The Kier molecular flexibility index (Phi) is 5.77. The van der Waals surface area contributed by atoms with Gasteiger partial charge in [0.15, 0.2) is 0 Å². The maximum Gasteiger partial charge on any atom is 0.0639 e. The number of piperazine rings is 1. The summed E-state index contributed by atoms with van der Waals surface area (Å²) < 4.78 is 0. The van der Waals surface area contributed by atoms with Crippen molar-refractivity contribution in [2.24, 2.45) is 0 Å². The van der Waals surface area contributed by atoms with Crippen LogP contribution >= 0.6 is 34.8 Å². The Morgan fingerprint density at radius 2 is 1.75 bits per heavy atom. The smallest absolute Gasteiger partial charge is 0.0639 e. The Hall–Kier alpha value is -1.13. The fraction of sp³-hybridized carbons (Fsp3) is 0.333. The van der Waals surface area contributed by atoms with Crippen molar-refractivity contribution in [1.29, 1.82) is 0 Å². The zero-order valence-corrected chi connectivity index (χ0v) is 15.7. The fourth-order valence-electron chi connectivity index (χ4n) is 2.91. The summed E-state index contributed by atoms with van der Waals surface area (Å²) in [7, 11) is 0. The molecule has 1 atom stereocenters. The molecule has 1 heterocycles. The van der Waals surface area contributed by atoms with Crippen molar-refractivity contribution in [2.45, 2.75) is 13.0 Å². The zero-order valence-electron chi connectivity index (χ0n) is 13.5. The summed E-state index contributed by atoms with van der Waals surface area (Å²) in [6.07, 6.45) is 0. The topological polar surface area (TPSA) is 27.3 Å². The van der Waals surface area contributed by atoms with Gasteiger partial charge in [-0.25, -0.2) is 0 Å². The molecule has 2 aromatic carbocycles. The van der Waals surface area contributed by atoms with Crippen LogP contribution in [0.4, 0.5) is 11.4 Å². The standard InChI is InChI=1S/C18H20Cl3N3/c1-12(15-4-2-13(19)10-17(15)21)23-18-11-14(3-5-16(18)20)24-8-6-22-7-9-24/h2-5,10-12,22-23H,6-9H2,1H3/t12-/m1/s1. The van der Waals surface area contributed by atoms with Gasteiger partial charge in [0.1, 0.15) is 0 Å². The first-order chi connectivity index (χ1) is 11.5. The third-order valence-electron chi connectivity index (χ3n) is 4.23. The van der Waals surface area contributed by atoms with Gasteiger partial charge < -0.3 is 15.5 Å². The lowest BCUT2D eigenvalue weighted by molar-refractivity contribution is 0.589. The molecule has 24 heavy (non-hydrogen) atoms. The lowest BCUT2D eigenvalue weighted by Crippen LogP contribution is -2.43. The summed E-state index contributed by atoms with van der Waals surface area (Å²) in [5.74, 6) is 0. The van der Waals surface area contributed by atoms with Gasteiger partial charge in [0.2, 0.25) is 0 Å². The third kappa shape index (κ3) is 4.09. The van der Waals surface area contributed by atoms with Gasteiger partial charge in [0, 0.05) is 41.9 Å². The number of hydrogen-bond acceptors (Lipinski definition) is 3. The largest absolute Gasteiger partial charge is 0.377 e. The van der Waals surface area contributed by atoms with E-state index in [1.165, 1.54) is 5.69 Å². The van der Waals surface area contributed by atoms with Crippen molar-refractivity contribution in [3.63, 3.8) is 0 Å². The van der Waals surface area contributed by atoms with Crippen LogP contribution in [0.25, 0.3) is 0 Å². The van der Waals surface area contributed by atoms with E-state index < -0.39 is 0 Å². The van der Waals surface area contributed by atoms with Gasteiger partial charge >= 0.3 is 0 Å². The molecule has 0 aliphatic carbocycles. The van der Waals surface area contributed by atoms with Gasteiger partial charge in [-0.1, -0.05) is 40.9 Å². The molecule has 3 rings (SSSR count). The second kappa shape index (κ2) is 7.83. The van der Waals surface area contributed by atoms with Crippen molar-refractivity contribution in [3.05, 3.63) is 57.0 Å². The number of anilines is 2. The molecule has 0 radical (unpaired) electrons. The second-order valence-electron chi connectivity index (χ2n) is 5.93. The minimum atomic E-state index is 0.0190. The Labute approximate surface area is 157 Å². The number of halogens is 3. The Balaban J connectivity index is 1.80. The lowest BCUT2D eigenvalue weighted by atomic mass is 10.1. The van der Waals surface area contributed by atoms with Gasteiger partial charge in [0.05, 0.1) is 16.8 Å². The molecule has 2 N–H and O–H groups in total. The minimum Gasteiger partial charge on any atom is -0.377 e. The van der Waals surface area contributed by atoms with E-state index in [9.17, 15) is 0 Å². The van der Waals surface area contributed by atoms with E-state index >= 15 is 0 Å². The summed E-state index contributed by atoms with van der Waals surface area (Å²) in [4.78, 5) is 2.36. The molecule has 0 unspecified atom stereocenters. The van der Waals surface area contributed by atoms with Crippen LogP contribution in [0, 0.1) is 0 Å². The van der Waals surface area contributed by atoms with E-state index in [0.717, 1.165) is 37.4 Å². The molecule has 1 saturated heterocycles. The fourth-order valence-corrected chi connectivity index (χ4v) is 3.65. The summed E-state index contributed by atoms with van der Waals surface area (Å²) in [6, 6.07) is 11.7. The van der Waals surface area contributed by atoms with Gasteiger partial charge in [-0.3, -0.25) is 0 Å². The lowest BCUT2D eigenvalue weighted by Gasteiger charge is -2.30. The molecule has 1 aliphatic rings. The summed E-state index contributed by atoms with van der Waals surface area (Å²) in [6.45, 7) is 6.06. The Morgan fingerprint density at radius 1 is 1.00 bits per heavy atom. The maximum atomic E-state index is 6.38. The highest BCUT2D eigenvalue weighted by Crippen LogP contribution is 2.33. The van der Waals surface area contributed by atoms with Crippen LogP contribution < -0.4 is 15.5 Å². The number of nitrogens with zero attached hydrogens (tertiary/aromatic N) is 1. The highest BCUT2D eigenvalue weighted by Gasteiger charge is 2.15. The molecule has 3 nitrogen and oxygen atoms in total. The zero-order chi connectivity index (χ0) is 17.1. The van der Waals surface area contributed by atoms with E-state index in [2.05, 4.69) is 34.6 Å². The normalized spacial score (nSPS) is 16.1. The maximum absolute atomic E-state index is 6.38. The van der Waals surface area contributed by atoms with Crippen LogP contribution in [0.15, 0.2) is 36.4 Å². The van der Waals surface area contributed by atoms with Gasteiger partial charge in [-0.2, -0.15) is 0 Å². The number of rotatable bonds is 4. The first kappa shape index (κ1) is 17.7. The van der Waals surface area contributed by atoms with Gasteiger partial charge in [0.25, 0.3) is 0 Å². The average molecular weight is 385 g/mol. The first-order valence-corrected chi connectivity index (χ1v) is 9.14. The quantitative estimate of drug-likeness (QED) is 0.756. The van der Waals surface area contributed by atoms with E-state index in [0.29, 0.717) is 15.1 Å². The van der Waals surface area contributed by atoms with Crippen LogP contribution in [0.3, 0.4) is 0 Å². The highest BCUT2D eigenvalue weighted by molar-refractivity contribution is 6.35. The van der Waals surface area contributed by atoms with E-state index in [1.54, 1.807) is 6.07 Å². The highest BCUT2D eigenvalue weighted by atomic mass is 35.5. The predicted molar refractivity (Wildman–Crippen MR) is 105 cm³/mol. The van der Waals surface area contributed by atoms with E-state index in [-0.39, 0.29) is 6.04 Å². The molecule has 0 amide bonds. The van der Waals surface area contributed by atoms with Crippen molar-refractivity contribution < 1.29 is 0 Å². The molecular weight excluding hydrogens is 365 g/mol. The SMILES string of the molecule is C[C@@H](Nc1cc(N2CCNCC2)ccc1Cl)c1ccc(Cl)cc1Cl. The van der Waals surface area contributed by atoms with Crippen molar-refractivity contribution >= 4 is 46.2 Å². The Morgan fingerprint density at radius 3 is 2.46 bits per heavy atom. The summed E-state index contributed by atoms with van der Waals surface area (Å²) in [5, 5.41) is 8.81. The number of benzene rings is 2. The van der Waals surface area contributed by atoms with Crippen LogP contribution in [0.2, 0.25) is 15.1 Å². The van der Waals surface area contributed by atoms with E-state index in [4.69, 9.17) is 34.8 Å². The van der Waals surface area contributed by atoms with Gasteiger partial charge in [-0.05, 0) is 42.8 Å². The van der Waals surface area contributed by atoms with Crippen LogP contribution in [0.5, 0.6) is 0 Å². The number of hydrogen-bond donors (Lipinski definition) is 2. The Bertz CT molecular complexity index is 715. The van der Waals surface area contributed by atoms with Gasteiger partial charge in [-0.15, -0.1) is 0 Å². The molecule has 0 bridgehead atoms. The molecule has 1 aliphatic heterocycles. The summed E-state index contributed by atoms with van der Waals surface area (Å²) in [5.41, 5.74) is 3.08.